The molecule has 0 bridgehead atoms. The summed E-state index contributed by atoms with van der Waals surface area (Å²) in [6.45, 7) is 3.92. The van der Waals surface area contributed by atoms with Crippen LogP contribution in [-0.4, -0.2) is 56.3 Å². The summed E-state index contributed by atoms with van der Waals surface area (Å²) in [5.41, 5.74) is 0.0350. The van der Waals surface area contributed by atoms with Gasteiger partial charge in [-0.15, -0.1) is 0 Å². The van der Waals surface area contributed by atoms with Crippen molar-refractivity contribution in [1.29, 1.82) is 5.26 Å². The molecule has 1 saturated heterocycles. The highest BCUT2D eigenvalue weighted by atomic mass is 32.2. The Hall–Kier alpha value is -2.37. The quantitative estimate of drug-likeness (QED) is 0.600. The van der Waals surface area contributed by atoms with Crippen LogP contribution >= 0.6 is 0 Å². The van der Waals surface area contributed by atoms with E-state index in [9.17, 15) is 13.2 Å². The Balaban J connectivity index is 2.00. The first-order chi connectivity index (χ1) is 12.0. The Morgan fingerprint density at radius 1 is 1.24 bits per heavy atom. The van der Waals surface area contributed by atoms with Crippen molar-refractivity contribution in [3.05, 3.63) is 42.1 Å². The molecule has 0 atom stereocenters. The first kappa shape index (κ1) is 19.0. The van der Waals surface area contributed by atoms with Gasteiger partial charge in [-0.25, -0.2) is 8.42 Å². The Kier molecular flexibility index (Phi) is 6.56. The Bertz CT molecular complexity index is 761. The van der Waals surface area contributed by atoms with E-state index < -0.39 is 15.9 Å². The highest BCUT2D eigenvalue weighted by Crippen LogP contribution is 2.17. The van der Waals surface area contributed by atoms with Crippen molar-refractivity contribution in [3.8, 4) is 6.07 Å². The number of carbonyl (C=O) groups is 1. The normalized spacial score (nSPS) is 16.3. The van der Waals surface area contributed by atoms with Gasteiger partial charge in [0.2, 0.25) is 10.0 Å². The minimum Gasteiger partial charge on any atom is -0.373 e. The molecular weight excluding hydrogens is 340 g/mol. The zero-order chi connectivity index (χ0) is 18.3. The van der Waals surface area contributed by atoms with Crippen molar-refractivity contribution < 1.29 is 13.2 Å². The summed E-state index contributed by atoms with van der Waals surface area (Å²) in [6, 6.07) is 10.2. The third kappa shape index (κ3) is 4.81. The van der Waals surface area contributed by atoms with Gasteiger partial charge >= 0.3 is 0 Å². The second-order valence-corrected chi connectivity index (χ2v) is 7.60. The summed E-state index contributed by atoms with van der Waals surface area (Å²) in [5, 5.41) is 11.8. The van der Waals surface area contributed by atoms with Gasteiger partial charge in [0.15, 0.2) is 0 Å². The predicted molar refractivity (Wildman–Crippen MR) is 93.8 cm³/mol. The zero-order valence-corrected chi connectivity index (χ0v) is 15.0. The van der Waals surface area contributed by atoms with Crippen LogP contribution in [0.1, 0.15) is 13.3 Å². The van der Waals surface area contributed by atoms with Crippen LogP contribution in [0.5, 0.6) is 0 Å². The average Bonchev–Trinajstić information content (AvgIpc) is 2.65. The molecular formula is C17H22N4O3S. The first-order valence-electron chi connectivity index (χ1n) is 8.18. The molecule has 0 aliphatic carbocycles. The minimum atomic E-state index is -3.51. The Morgan fingerprint density at radius 2 is 1.88 bits per heavy atom. The number of sulfonamides is 1. The average molecular weight is 362 g/mol. The molecule has 1 aromatic rings. The molecule has 8 heteroatoms. The number of piperazine rings is 1. The van der Waals surface area contributed by atoms with E-state index in [-0.39, 0.29) is 10.5 Å². The van der Waals surface area contributed by atoms with Crippen molar-refractivity contribution >= 4 is 15.9 Å². The van der Waals surface area contributed by atoms with E-state index in [0.717, 1.165) is 6.42 Å². The van der Waals surface area contributed by atoms with E-state index in [1.165, 1.54) is 10.5 Å². The number of nitrogens with zero attached hydrogens (tertiary/aromatic N) is 3. The molecule has 7 nitrogen and oxygen atoms in total. The third-order valence-electron chi connectivity index (χ3n) is 3.87. The smallest absolute Gasteiger partial charge is 0.263 e. The highest BCUT2D eigenvalue weighted by Gasteiger charge is 2.27. The Labute approximate surface area is 148 Å². The van der Waals surface area contributed by atoms with Crippen LogP contribution in [0.15, 0.2) is 47.0 Å². The first-order valence-corrected chi connectivity index (χ1v) is 9.62. The molecule has 1 aliphatic rings. The van der Waals surface area contributed by atoms with E-state index in [1.54, 1.807) is 35.2 Å². The van der Waals surface area contributed by atoms with Crippen molar-refractivity contribution in [3.63, 3.8) is 0 Å². The number of nitriles is 1. The molecule has 0 aromatic heterocycles. The molecule has 1 fully saturated rings. The van der Waals surface area contributed by atoms with Gasteiger partial charge in [-0.05, 0) is 18.6 Å². The van der Waals surface area contributed by atoms with Crippen molar-refractivity contribution in [2.75, 3.05) is 32.7 Å². The maximum absolute atomic E-state index is 12.6. The molecule has 1 N–H and O–H groups in total. The second-order valence-electron chi connectivity index (χ2n) is 5.66. The van der Waals surface area contributed by atoms with Gasteiger partial charge in [-0.3, -0.25) is 4.79 Å². The van der Waals surface area contributed by atoms with Crippen LogP contribution in [0.3, 0.4) is 0 Å². The van der Waals surface area contributed by atoms with Gasteiger partial charge in [0.1, 0.15) is 11.6 Å². The van der Waals surface area contributed by atoms with Gasteiger partial charge in [-0.1, -0.05) is 25.1 Å². The van der Waals surface area contributed by atoms with Crippen LogP contribution in [0.2, 0.25) is 0 Å². The van der Waals surface area contributed by atoms with Crippen molar-refractivity contribution in [1.82, 2.24) is 14.5 Å². The number of hydrogen-bond donors (Lipinski definition) is 1. The Morgan fingerprint density at radius 3 is 2.44 bits per heavy atom. The van der Waals surface area contributed by atoms with E-state index in [1.807, 2.05) is 13.0 Å². The summed E-state index contributed by atoms with van der Waals surface area (Å²) in [4.78, 5) is 14.0. The molecule has 25 heavy (non-hydrogen) atoms. The molecule has 2 rings (SSSR count). The number of carbonyl (C=O) groups excluding carboxylic acids is 1. The van der Waals surface area contributed by atoms with E-state index in [2.05, 4.69) is 5.32 Å². The van der Waals surface area contributed by atoms with Crippen molar-refractivity contribution in [2.24, 2.45) is 0 Å². The molecule has 1 aromatic carbocycles. The summed E-state index contributed by atoms with van der Waals surface area (Å²) >= 11 is 0. The fourth-order valence-electron chi connectivity index (χ4n) is 2.47. The van der Waals surface area contributed by atoms with Gasteiger partial charge in [0, 0.05) is 38.9 Å². The lowest BCUT2D eigenvalue weighted by Crippen LogP contribution is -2.47. The SMILES string of the molecule is CCCNC(=O)/C(C#N)=C\N1CCN(S(=O)(=O)c2ccccc2)CC1. The summed E-state index contributed by atoms with van der Waals surface area (Å²) in [7, 11) is -3.51. The fourth-order valence-corrected chi connectivity index (χ4v) is 3.91. The molecule has 1 aliphatic heterocycles. The lowest BCUT2D eigenvalue weighted by molar-refractivity contribution is -0.117. The lowest BCUT2D eigenvalue weighted by Gasteiger charge is -2.33. The van der Waals surface area contributed by atoms with E-state index in [0.29, 0.717) is 32.7 Å². The number of nitrogens with one attached hydrogen (secondary N) is 1. The molecule has 0 spiro atoms. The summed E-state index contributed by atoms with van der Waals surface area (Å²) in [5.74, 6) is -0.399. The van der Waals surface area contributed by atoms with Gasteiger partial charge in [-0.2, -0.15) is 9.57 Å². The van der Waals surface area contributed by atoms with Crippen LogP contribution in [-0.2, 0) is 14.8 Å². The molecule has 134 valence electrons. The minimum absolute atomic E-state index is 0.0350. The van der Waals surface area contributed by atoms with E-state index >= 15 is 0 Å². The number of rotatable bonds is 6. The van der Waals surface area contributed by atoms with Gasteiger partial charge < -0.3 is 10.2 Å². The largest absolute Gasteiger partial charge is 0.373 e. The van der Waals surface area contributed by atoms with Crippen LogP contribution < -0.4 is 5.32 Å². The molecule has 1 heterocycles. The van der Waals surface area contributed by atoms with Gasteiger partial charge in [0.25, 0.3) is 5.91 Å². The molecule has 0 unspecified atom stereocenters. The monoisotopic (exact) mass is 362 g/mol. The maximum Gasteiger partial charge on any atom is 0.263 e. The van der Waals surface area contributed by atoms with Crippen molar-refractivity contribution in [2.45, 2.75) is 18.2 Å². The number of benzene rings is 1. The lowest BCUT2D eigenvalue weighted by atomic mass is 10.2. The predicted octanol–water partition coefficient (Wildman–Crippen LogP) is 0.927. The standard InChI is InChI=1S/C17H22N4O3S/c1-2-8-19-17(22)15(13-18)14-20-9-11-21(12-10-20)25(23,24)16-6-4-3-5-7-16/h3-7,14H,2,8-12H2,1H3,(H,19,22)/b15-14-. The highest BCUT2D eigenvalue weighted by molar-refractivity contribution is 7.89. The molecule has 1 amide bonds. The maximum atomic E-state index is 12.6. The summed E-state index contributed by atoms with van der Waals surface area (Å²) < 4.78 is 26.6. The zero-order valence-electron chi connectivity index (χ0n) is 14.2. The topological polar surface area (TPSA) is 93.5 Å². The van der Waals surface area contributed by atoms with Gasteiger partial charge in [0.05, 0.1) is 4.90 Å². The fraction of sp³-hybridized carbons (Fsp3) is 0.412. The second kappa shape index (κ2) is 8.65. The summed E-state index contributed by atoms with van der Waals surface area (Å²) in [6.07, 6.45) is 2.30. The van der Waals surface area contributed by atoms with Crippen LogP contribution in [0.4, 0.5) is 0 Å². The number of hydrogen-bond acceptors (Lipinski definition) is 5. The third-order valence-corrected chi connectivity index (χ3v) is 5.78. The van der Waals surface area contributed by atoms with Crippen LogP contribution in [0.25, 0.3) is 0 Å². The number of amides is 1. The van der Waals surface area contributed by atoms with E-state index in [4.69, 9.17) is 5.26 Å². The van der Waals surface area contributed by atoms with Crippen LogP contribution in [0, 0.1) is 11.3 Å². The molecule has 0 saturated carbocycles. The molecule has 0 radical (unpaired) electrons.